The third-order valence-corrected chi connectivity index (χ3v) is 12.2. The van der Waals surface area contributed by atoms with Crippen molar-refractivity contribution in [3.05, 3.63) is 71.8 Å². The smallest absolute Gasteiger partial charge is 0.326 e. The van der Waals surface area contributed by atoms with Gasteiger partial charge in [-0.2, -0.15) is 0 Å². The first-order valence-corrected chi connectivity index (χ1v) is 24.5. The fourth-order valence-electron chi connectivity index (χ4n) is 8.11. The summed E-state index contributed by atoms with van der Waals surface area (Å²) in [6.45, 7) is 15.6. The number of carboxylic acid groups (broad SMARTS) is 1. The van der Waals surface area contributed by atoms with Crippen LogP contribution in [0.4, 0.5) is 0 Å². The molecule has 19 heteroatoms. The van der Waals surface area contributed by atoms with Crippen LogP contribution in [-0.4, -0.2) is 125 Å². The Labute approximate surface area is 412 Å². The molecule has 0 aromatic heterocycles. The van der Waals surface area contributed by atoms with E-state index in [1.165, 1.54) is 11.8 Å². The van der Waals surface area contributed by atoms with E-state index < -0.39 is 120 Å². The molecule has 10 N–H and O–H groups in total. The van der Waals surface area contributed by atoms with Gasteiger partial charge in [0.25, 0.3) is 0 Å². The van der Waals surface area contributed by atoms with E-state index in [0.717, 1.165) is 0 Å². The highest BCUT2D eigenvalue weighted by Gasteiger charge is 2.40. The zero-order valence-electron chi connectivity index (χ0n) is 42.2. The van der Waals surface area contributed by atoms with Crippen molar-refractivity contribution in [1.82, 2.24) is 42.1 Å². The quantitative estimate of drug-likeness (QED) is 0.0622. The van der Waals surface area contributed by atoms with E-state index in [-0.39, 0.29) is 37.6 Å². The summed E-state index contributed by atoms with van der Waals surface area (Å²) in [5.74, 6) is -7.16. The van der Waals surface area contributed by atoms with Gasteiger partial charge in [0, 0.05) is 19.4 Å². The van der Waals surface area contributed by atoms with Crippen LogP contribution < -0.4 is 43.0 Å². The number of nitrogens with zero attached hydrogens (tertiary/aromatic N) is 1. The van der Waals surface area contributed by atoms with Crippen LogP contribution in [0.2, 0.25) is 0 Å². The molecule has 0 aliphatic carbocycles. The molecule has 8 amide bonds. The molecule has 386 valence electrons. The molecule has 19 nitrogen and oxygen atoms in total. The molecule has 0 spiro atoms. The van der Waals surface area contributed by atoms with Gasteiger partial charge < -0.3 is 53.0 Å². The van der Waals surface area contributed by atoms with Crippen molar-refractivity contribution in [3.63, 3.8) is 0 Å². The Kier molecular flexibility index (Phi) is 23.5. The van der Waals surface area contributed by atoms with Gasteiger partial charge in [-0.15, -0.1) is 0 Å². The number of benzene rings is 2. The fraction of sp³-hybridized carbons (Fsp3) is 0.588. The Morgan fingerprint density at radius 2 is 1.11 bits per heavy atom. The van der Waals surface area contributed by atoms with Gasteiger partial charge in [0.2, 0.25) is 47.3 Å². The lowest BCUT2D eigenvalue weighted by atomic mass is 9.95. The van der Waals surface area contributed by atoms with Crippen LogP contribution >= 0.6 is 0 Å². The number of amides is 8. The summed E-state index contributed by atoms with van der Waals surface area (Å²) in [5.41, 5.74) is 7.17. The van der Waals surface area contributed by atoms with E-state index in [2.05, 4.69) is 37.2 Å². The zero-order chi connectivity index (χ0) is 52.2. The molecular formula is C51H77N9O10. The van der Waals surface area contributed by atoms with Crippen molar-refractivity contribution < 1.29 is 48.3 Å². The molecule has 1 saturated heterocycles. The molecule has 9 atom stereocenters. The van der Waals surface area contributed by atoms with Crippen molar-refractivity contribution in [2.75, 3.05) is 13.1 Å². The number of carbonyl (C=O) groups excluding carboxylic acids is 8. The molecule has 0 bridgehead atoms. The summed E-state index contributed by atoms with van der Waals surface area (Å²) in [4.78, 5) is 123. The van der Waals surface area contributed by atoms with E-state index in [0.29, 0.717) is 36.8 Å². The largest absolute Gasteiger partial charge is 0.480 e. The van der Waals surface area contributed by atoms with Crippen molar-refractivity contribution in [2.45, 2.75) is 156 Å². The summed E-state index contributed by atoms with van der Waals surface area (Å²) < 4.78 is 0. The molecule has 70 heavy (non-hydrogen) atoms. The summed E-state index contributed by atoms with van der Waals surface area (Å²) in [7, 11) is 0. The number of carboxylic acids is 1. The summed E-state index contributed by atoms with van der Waals surface area (Å²) in [6, 6.07) is 9.16. The molecule has 1 aliphatic rings. The number of hydrogen-bond donors (Lipinski definition) is 9. The van der Waals surface area contributed by atoms with Crippen LogP contribution in [0.1, 0.15) is 106 Å². The average molecular weight is 976 g/mol. The fourth-order valence-corrected chi connectivity index (χ4v) is 8.11. The van der Waals surface area contributed by atoms with Crippen LogP contribution in [0.25, 0.3) is 0 Å². The van der Waals surface area contributed by atoms with Crippen molar-refractivity contribution in [2.24, 2.45) is 29.4 Å². The number of nitrogens with one attached hydrogen (secondary N) is 7. The highest BCUT2D eigenvalue weighted by atomic mass is 16.4. The third kappa shape index (κ3) is 18.5. The SMILES string of the molecule is CC[C@H](C)[C@H](NC(=O)[C@H](Cc1ccccc1)NC(=O)CNC(=O)[C@H](Cc1ccccc1)NC(=O)[C@@H]1CCCN1C(=O)[C@H](CC(C)C)NC(=O)[C@H](C)N)C(=O)N[C@@H](CC(C)C)C(=O)N[C@H](C(=O)O)C(C)C. The van der Waals surface area contributed by atoms with Gasteiger partial charge in [-0.3, -0.25) is 38.4 Å². The zero-order valence-corrected chi connectivity index (χ0v) is 42.2. The normalized spacial score (nSPS) is 16.9. The summed E-state index contributed by atoms with van der Waals surface area (Å²) in [5, 5.41) is 28.6. The maximum Gasteiger partial charge on any atom is 0.326 e. The lowest BCUT2D eigenvalue weighted by Gasteiger charge is -2.30. The van der Waals surface area contributed by atoms with Gasteiger partial charge in [0.15, 0.2) is 0 Å². The topological polar surface area (TPSA) is 287 Å². The predicted molar refractivity (Wildman–Crippen MR) is 264 cm³/mol. The average Bonchev–Trinajstić information content (AvgIpc) is 3.80. The predicted octanol–water partition coefficient (Wildman–Crippen LogP) is 1.71. The lowest BCUT2D eigenvalue weighted by molar-refractivity contribution is -0.143. The Morgan fingerprint density at radius 3 is 1.61 bits per heavy atom. The molecule has 3 rings (SSSR count). The van der Waals surface area contributed by atoms with Crippen LogP contribution in [0, 0.1) is 23.7 Å². The van der Waals surface area contributed by atoms with E-state index >= 15 is 0 Å². The molecular weight excluding hydrogens is 899 g/mol. The van der Waals surface area contributed by atoms with Crippen LogP contribution in [0.5, 0.6) is 0 Å². The molecule has 0 radical (unpaired) electrons. The maximum absolute atomic E-state index is 14.2. The van der Waals surface area contributed by atoms with Crippen molar-refractivity contribution in [3.8, 4) is 0 Å². The lowest BCUT2D eigenvalue weighted by Crippen LogP contribution is -2.60. The van der Waals surface area contributed by atoms with E-state index in [4.69, 9.17) is 5.73 Å². The maximum atomic E-state index is 14.2. The molecule has 1 fully saturated rings. The van der Waals surface area contributed by atoms with Gasteiger partial charge in [-0.25, -0.2) is 4.79 Å². The second-order valence-electron chi connectivity index (χ2n) is 19.6. The minimum Gasteiger partial charge on any atom is -0.480 e. The van der Waals surface area contributed by atoms with Gasteiger partial charge in [0.1, 0.15) is 42.3 Å². The number of rotatable bonds is 27. The number of aliphatic carboxylic acids is 1. The first-order valence-electron chi connectivity index (χ1n) is 24.5. The molecule has 1 aliphatic heterocycles. The highest BCUT2D eigenvalue weighted by molar-refractivity contribution is 5.97. The van der Waals surface area contributed by atoms with Crippen LogP contribution in [0.3, 0.4) is 0 Å². The summed E-state index contributed by atoms with van der Waals surface area (Å²) in [6.07, 6.45) is 1.82. The number of carbonyl (C=O) groups is 9. The summed E-state index contributed by atoms with van der Waals surface area (Å²) >= 11 is 0. The minimum atomic E-state index is -1.24. The van der Waals surface area contributed by atoms with Crippen LogP contribution in [0.15, 0.2) is 60.7 Å². The van der Waals surface area contributed by atoms with Gasteiger partial charge in [0.05, 0.1) is 12.6 Å². The second kappa shape index (κ2) is 28.3. The van der Waals surface area contributed by atoms with Gasteiger partial charge in [-0.05, 0) is 67.4 Å². The first-order chi connectivity index (χ1) is 33.0. The van der Waals surface area contributed by atoms with Crippen LogP contribution in [-0.2, 0) is 56.0 Å². The minimum absolute atomic E-state index is 0.00160. The van der Waals surface area contributed by atoms with Crippen molar-refractivity contribution in [1.29, 1.82) is 0 Å². The highest BCUT2D eigenvalue weighted by Crippen LogP contribution is 2.21. The van der Waals surface area contributed by atoms with Crippen molar-refractivity contribution >= 4 is 53.2 Å². The molecule has 0 unspecified atom stereocenters. The van der Waals surface area contributed by atoms with E-state index in [1.807, 2.05) is 34.6 Å². The monoisotopic (exact) mass is 976 g/mol. The number of nitrogens with two attached hydrogens (primary N) is 1. The third-order valence-electron chi connectivity index (χ3n) is 12.2. The first kappa shape index (κ1) is 57.9. The standard InChI is InChI=1S/C51H77N9O10/c1-10-32(8)43(49(67)56-36(24-29(2)3)46(64)58-42(31(6)7)51(69)70)59-47(65)38(27-35-20-15-12-16-21-35)54-41(61)28-53-45(63)37(26-34-18-13-11-14-19-34)55-48(66)40-22-17-23-60(40)50(68)39(25-30(4)5)57-44(62)33(9)52/h11-16,18-21,29-33,36-40,42-43H,10,17,22-28,52H2,1-9H3,(H,53,63)(H,54,61)(H,55,66)(H,56,67)(H,57,62)(H,58,64)(H,59,65)(H,69,70)/t32-,33-,36-,37-,38-,39-,40-,42-,43-/m0/s1. The Bertz CT molecular complexity index is 2080. The Balaban J connectivity index is 1.82. The Morgan fingerprint density at radius 1 is 0.614 bits per heavy atom. The second-order valence-corrected chi connectivity index (χ2v) is 19.6. The van der Waals surface area contributed by atoms with E-state index in [9.17, 15) is 48.3 Å². The molecule has 2 aromatic rings. The molecule has 2 aromatic carbocycles. The number of hydrogen-bond acceptors (Lipinski definition) is 10. The Hall–Kier alpha value is -6.37. The van der Waals surface area contributed by atoms with E-state index in [1.54, 1.807) is 81.4 Å². The van der Waals surface area contributed by atoms with Gasteiger partial charge in [-0.1, -0.05) is 122 Å². The molecule has 0 saturated carbocycles. The molecule has 1 heterocycles. The van der Waals surface area contributed by atoms with Gasteiger partial charge >= 0.3 is 5.97 Å². The number of likely N-dealkylation sites (tertiary alicyclic amines) is 1.